The lowest BCUT2D eigenvalue weighted by Crippen LogP contribution is -2.53. The van der Waals surface area contributed by atoms with Crippen LogP contribution in [0.1, 0.15) is 67.2 Å². The van der Waals surface area contributed by atoms with Gasteiger partial charge in [0.2, 0.25) is 0 Å². The Bertz CT molecular complexity index is 481. The molecule has 0 spiro atoms. The smallest absolute Gasteiger partial charge is 0.0715 e. The first-order valence-electron chi connectivity index (χ1n) is 10.5. The molecule has 0 saturated carbocycles. The minimum atomic E-state index is -0.660. The zero-order valence-electron chi connectivity index (χ0n) is 17.8. The zero-order valence-corrected chi connectivity index (χ0v) is 18.6. The molecule has 0 bridgehead atoms. The van der Waals surface area contributed by atoms with Crippen LogP contribution >= 0.6 is 11.6 Å². The summed E-state index contributed by atoms with van der Waals surface area (Å²) in [5.41, 5.74) is 1.31. The predicted molar refractivity (Wildman–Crippen MR) is 113 cm³/mol. The molecule has 1 unspecified atom stereocenters. The predicted octanol–water partition coefficient (Wildman–Crippen LogP) is 4.44. The van der Waals surface area contributed by atoms with Gasteiger partial charge in [-0.25, -0.2) is 0 Å². The largest absolute Gasteiger partial charge is 0.389 e. The fourth-order valence-corrected chi connectivity index (χ4v) is 4.82. The zero-order chi connectivity index (χ0) is 19.5. The van der Waals surface area contributed by atoms with Gasteiger partial charge < -0.3 is 15.3 Å². The van der Waals surface area contributed by atoms with Gasteiger partial charge >= 0.3 is 0 Å². The molecule has 0 amide bonds. The summed E-state index contributed by atoms with van der Waals surface area (Å²) in [5, 5.41) is 14.0. The molecule has 2 aliphatic rings. The number of likely N-dealkylation sites (tertiary alicyclic amines) is 1. The van der Waals surface area contributed by atoms with Gasteiger partial charge in [0.1, 0.15) is 0 Å². The number of rotatable bonds is 7. The average Bonchev–Trinajstić information content (AvgIpc) is 2.50. The van der Waals surface area contributed by atoms with Crippen LogP contribution in [0.2, 0.25) is 0 Å². The van der Waals surface area contributed by atoms with Crippen molar-refractivity contribution in [2.24, 2.45) is 17.3 Å². The number of hydrogen-bond acceptors (Lipinski definition) is 3. The minimum absolute atomic E-state index is 0.307. The average molecular weight is 385 g/mol. The van der Waals surface area contributed by atoms with Gasteiger partial charge in [0.25, 0.3) is 0 Å². The fraction of sp³-hybridized carbons (Fsp3) is 0.909. The molecule has 26 heavy (non-hydrogen) atoms. The van der Waals surface area contributed by atoms with E-state index >= 15 is 0 Å². The SMILES string of the molecule is CC(C)[C@H](CN1CC[C@H](C2=CCC(Cl)CC2)C(C)(C)C1)NCC(C)(C)O. The van der Waals surface area contributed by atoms with Crippen molar-refractivity contribution in [1.29, 1.82) is 0 Å². The third-order valence-electron chi connectivity index (χ3n) is 6.19. The van der Waals surface area contributed by atoms with Gasteiger partial charge in [-0.2, -0.15) is 0 Å². The molecule has 2 rings (SSSR count). The van der Waals surface area contributed by atoms with Gasteiger partial charge in [0.05, 0.1) is 5.60 Å². The van der Waals surface area contributed by atoms with E-state index in [0.717, 1.165) is 25.9 Å². The summed E-state index contributed by atoms with van der Waals surface area (Å²) in [5.74, 6) is 1.25. The Kier molecular flexibility index (Phi) is 7.63. The van der Waals surface area contributed by atoms with E-state index in [4.69, 9.17) is 11.6 Å². The van der Waals surface area contributed by atoms with E-state index in [-0.39, 0.29) is 0 Å². The Morgan fingerprint density at radius 2 is 2.04 bits per heavy atom. The molecule has 1 aliphatic carbocycles. The van der Waals surface area contributed by atoms with Gasteiger partial charge in [-0.05, 0) is 63.3 Å². The maximum Gasteiger partial charge on any atom is 0.0715 e. The minimum Gasteiger partial charge on any atom is -0.389 e. The first-order valence-corrected chi connectivity index (χ1v) is 10.9. The van der Waals surface area contributed by atoms with Crippen LogP contribution in [0.3, 0.4) is 0 Å². The number of alkyl halides is 1. The van der Waals surface area contributed by atoms with Crippen LogP contribution in [0.4, 0.5) is 0 Å². The normalized spacial score (nSPS) is 28.9. The lowest BCUT2D eigenvalue weighted by atomic mass is 9.68. The van der Waals surface area contributed by atoms with Crippen LogP contribution in [-0.2, 0) is 0 Å². The van der Waals surface area contributed by atoms with Gasteiger partial charge in [-0.1, -0.05) is 39.3 Å². The Balaban J connectivity index is 1.95. The topological polar surface area (TPSA) is 35.5 Å². The van der Waals surface area contributed by atoms with Crippen molar-refractivity contribution in [3.63, 3.8) is 0 Å². The van der Waals surface area contributed by atoms with Crippen LogP contribution in [0.25, 0.3) is 0 Å². The molecular weight excluding hydrogens is 344 g/mol. The van der Waals surface area contributed by atoms with Crippen LogP contribution in [0.5, 0.6) is 0 Å². The number of halogens is 1. The van der Waals surface area contributed by atoms with Gasteiger partial charge in [0.15, 0.2) is 0 Å². The molecule has 152 valence electrons. The number of piperidine rings is 1. The van der Waals surface area contributed by atoms with Crippen LogP contribution < -0.4 is 5.32 Å². The van der Waals surface area contributed by atoms with E-state index in [9.17, 15) is 5.11 Å². The second-order valence-corrected chi connectivity index (χ2v) is 10.9. The second kappa shape index (κ2) is 8.94. The highest BCUT2D eigenvalue weighted by molar-refractivity contribution is 6.20. The summed E-state index contributed by atoms with van der Waals surface area (Å²) in [6, 6.07) is 0.416. The molecular formula is C22H41ClN2O. The van der Waals surface area contributed by atoms with Gasteiger partial charge in [-0.15, -0.1) is 11.6 Å². The molecule has 4 heteroatoms. The summed E-state index contributed by atoms with van der Waals surface area (Å²) in [4.78, 5) is 2.63. The standard InChI is InChI=1S/C22H41ClN2O/c1-16(2)20(24-14-22(5,6)26)13-25-12-11-19(21(3,4)15-25)17-7-9-18(23)10-8-17/h7,16,18-20,24,26H,8-15H2,1-6H3/t18?,19-,20+/m1/s1. The number of hydrogen-bond donors (Lipinski definition) is 2. The summed E-state index contributed by atoms with van der Waals surface area (Å²) < 4.78 is 0. The van der Waals surface area contributed by atoms with Gasteiger partial charge in [-0.3, -0.25) is 0 Å². The Morgan fingerprint density at radius 1 is 1.35 bits per heavy atom. The monoisotopic (exact) mass is 384 g/mol. The van der Waals surface area contributed by atoms with Crippen molar-refractivity contribution >= 4 is 11.6 Å². The third-order valence-corrected chi connectivity index (χ3v) is 6.59. The lowest BCUT2D eigenvalue weighted by molar-refractivity contribution is 0.0482. The van der Waals surface area contributed by atoms with Crippen molar-refractivity contribution in [3.8, 4) is 0 Å². The molecule has 2 N–H and O–H groups in total. The molecule has 0 radical (unpaired) electrons. The summed E-state index contributed by atoms with van der Waals surface area (Å²) in [7, 11) is 0. The highest BCUT2D eigenvalue weighted by atomic mass is 35.5. The quantitative estimate of drug-likeness (QED) is 0.503. The summed E-state index contributed by atoms with van der Waals surface area (Å²) in [6.45, 7) is 17.2. The van der Waals surface area contributed by atoms with Crippen molar-refractivity contribution in [1.82, 2.24) is 10.2 Å². The molecule has 1 fully saturated rings. The van der Waals surface area contributed by atoms with E-state index in [1.165, 1.54) is 19.4 Å². The molecule has 1 heterocycles. The van der Waals surface area contributed by atoms with E-state index < -0.39 is 5.60 Å². The van der Waals surface area contributed by atoms with Crippen LogP contribution in [0.15, 0.2) is 11.6 Å². The van der Waals surface area contributed by atoms with Crippen molar-refractivity contribution in [3.05, 3.63) is 11.6 Å². The first kappa shape index (κ1) is 22.2. The van der Waals surface area contributed by atoms with E-state index in [1.807, 2.05) is 13.8 Å². The van der Waals surface area contributed by atoms with Crippen molar-refractivity contribution in [2.75, 3.05) is 26.2 Å². The first-order chi connectivity index (χ1) is 12.0. The Morgan fingerprint density at radius 3 is 2.54 bits per heavy atom. The Hall–Kier alpha value is -0.0900. The van der Waals surface area contributed by atoms with E-state index in [1.54, 1.807) is 5.57 Å². The van der Waals surface area contributed by atoms with Gasteiger partial charge in [0, 0.05) is 31.1 Å². The van der Waals surface area contributed by atoms with E-state index in [0.29, 0.717) is 35.2 Å². The number of allylic oxidation sites excluding steroid dienone is 2. The molecule has 3 atom stereocenters. The molecule has 3 nitrogen and oxygen atoms in total. The maximum absolute atomic E-state index is 10.0. The third kappa shape index (κ3) is 6.51. The molecule has 1 saturated heterocycles. The lowest BCUT2D eigenvalue weighted by Gasteiger charge is -2.47. The molecule has 0 aromatic carbocycles. The maximum atomic E-state index is 10.0. The van der Waals surface area contributed by atoms with E-state index in [2.05, 4.69) is 44.0 Å². The number of nitrogens with one attached hydrogen (secondary N) is 1. The summed E-state index contributed by atoms with van der Waals surface area (Å²) in [6.07, 6.45) is 7.06. The fourth-order valence-electron chi connectivity index (χ4n) is 4.62. The Labute approximate surface area is 166 Å². The highest BCUT2D eigenvalue weighted by Gasteiger charge is 2.38. The molecule has 0 aromatic rings. The van der Waals surface area contributed by atoms with Crippen molar-refractivity contribution in [2.45, 2.75) is 84.2 Å². The van der Waals surface area contributed by atoms with Crippen LogP contribution in [0, 0.1) is 17.3 Å². The molecule has 0 aromatic heterocycles. The number of aliphatic hydroxyl groups is 1. The van der Waals surface area contributed by atoms with Crippen LogP contribution in [-0.4, -0.2) is 53.2 Å². The highest BCUT2D eigenvalue weighted by Crippen LogP contribution is 2.43. The second-order valence-electron chi connectivity index (χ2n) is 10.3. The van der Waals surface area contributed by atoms with Crippen molar-refractivity contribution < 1.29 is 5.11 Å². The summed E-state index contributed by atoms with van der Waals surface area (Å²) >= 11 is 6.29. The molecule has 1 aliphatic heterocycles. The number of nitrogens with zero attached hydrogens (tertiary/aromatic N) is 1.